The quantitative estimate of drug-likeness (QED) is 0.173. The number of Topliss-reactive ketones (excluding diaryl/α,β-unsaturated/α-hetero) is 1. The third-order valence-corrected chi connectivity index (χ3v) is 9.78. The zero-order valence-electron chi connectivity index (χ0n) is 25.0. The summed E-state index contributed by atoms with van der Waals surface area (Å²) in [5, 5.41) is 11.0. The maximum Gasteiger partial charge on any atom is 0.238 e. The van der Waals surface area contributed by atoms with Crippen LogP contribution in [0.4, 0.5) is 5.69 Å². The second-order valence-corrected chi connectivity index (χ2v) is 12.2. The van der Waals surface area contributed by atoms with Crippen molar-refractivity contribution in [3.05, 3.63) is 107 Å². The fourth-order valence-corrected chi connectivity index (χ4v) is 7.61. The summed E-state index contributed by atoms with van der Waals surface area (Å²) in [5.74, 6) is -2.98. The van der Waals surface area contributed by atoms with E-state index in [9.17, 15) is 24.3 Å². The number of benzene rings is 3. The molecule has 4 aromatic rings. The molecule has 1 aromatic heterocycles. The molecule has 3 aliphatic carbocycles. The van der Waals surface area contributed by atoms with Gasteiger partial charge in [-0.15, -0.1) is 0 Å². The SMILES string of the molecule is COc1ccc(O)c([C@H]2C3=CC[C@@H]4C(=O)N(c5ccc(-c6nc7ccccc7o6)cc5)C(=O)[C@@H]4[C@@H]3CC3=C2C(=O)C(C)=CC3=O)c1. The summed E-state index contributed by atoms with van der Waals surface area (Å²) in [7, 11) is 1.51. The van der Waals surface area contributed by atoms with Crippen LogP contribution in [0.25, 0.3) is 22.6 Å². The number of imide groups is 1. The van der Waals surface area contributed by atoms with Crippen molar-refractivity contribution in [2.45, 2.75) is 25.7 Å². The van der Waals surface area contributed by atoms with Gasteiger partial charge in [-0.25, -0.2) is 4.98 Å². The van der Waals surface area contributed by atoms with Gasteiger partial charge in [0, 0.05) is 33.8 Å². The zero-order chi connectivity index (χ0) is 31.9. The van der Waals surface area contributed by atoms with Crippen LogP contribution in [0.5, 0.6) is 11.5 Å². The van der Waals surface area contributed by atoms with Crippen molar-refractivity contribution in [2.24, 2.45) is 17.8 Å². The lowest BCUT2D eigenvalue weighted by atomic mass is 9.59. The molecule has 0 radical (unpaired) electrons. The number of carbonyl (C=O) groups excluding carboxylic acids is 4. The van der Waals surface area contributed by atoms with Crippen LogP contribution < -0.4 is 9.64 Å². The molecule has 8 rings (SSSR count). The second kappa shape index (κ2) is 10.2. The summed E-state index contributed by atoms with van der Waals surface area (Å²) in [5.41, 5.74) is 4.67. The Morgan fingerprint density at radius 1 is 0.957 bits per heavy atom. The highest BCUT2D eigenvalue weighted by Crippen LogP contribution is 2.56. The number of carbonyl (C=O) groups is 4. The summed E-state index contributed by atoms with van der Waals surface area (Å²) in [4.78, 5) is 60.9. The highest BCUT2D eigenvalue weighted by atomic mass is 16.5. The number of aromatic nitrogens is 1. The maximum atomic E-state index is 14.2. The summed E-state index contributed by atoms with van der Waals surface area (Å²) >= 11 is 0. The third kappa shape index (κ3) is 4.04. The Kier molecular flexibility index (Phi) is 6.22. The maximum absolute atomic E-state index is 14.2. The van der Waals surface area contributed by atoms with Crippen molar-refractivity contribution in [2.75, 3.05) is 12.0 Å². The lowest BCUT2D eigenvalue weighted by Gasteiger charge is -2.42. The van der Waals surface area contributed by atoms with E-state index in [-0.39, 0.29) is 35.6 Å². The molecule has 3 aromatic carbocycles. The van der Waals surface area contributed by atoms with Gasteiger partial charge in [0.2, 0.25) is 17.7 Å². The molecule has 0 saturated carbocycles. The van der Waals surface area contributed by atoms with Crippen LogP contribution in [-0.2, 0) is 19.2 Å². The van der Waals surface area contributed by atoms with E-state index in [1.165, 1.54) is 24.2 Å². The summed E-state index contributed by atoms with van der Waals surface area (Å²) < 4.78 is 11.3. The topological polar surface area (TPSA) is 127 Å². The molecule has 228 valence electrons. The van der Waals surface area contributed by atoms with E-state index in [4.69, 9.17) is 9.15 Å². The Morgan fingerprint density at radius 2 is 1.74 bits per heavy atom. The number of amides is 2. The first-order chi connectivity index (χ1) is 22.2. The number of fused-ring (bicyclic) bond motifs is 4. The molecule has 9 heteroatoms. The first-order valence-electron chi connectivity index (χ1n) is 15.2. The number of ketones is 2. The largest absolute Gasteiger partial charge is 0.508 e. The molecule has 0 bridgehead atoms. The van der Waals surface area contributed by atoms with Gasteiger partial charge in [0.05, 0.1) is 24.6 Å². The Balaban J connectivity index is 1.17. The number of hydrogen-bond donors (Lipinski definition) is 1. The predicted octanol–water partition coefficient (Wildman–Crippen LogP) is 5.84. The molecule has 1 saturated heterocycles. The standard InChI is InChI=1S/C37H28N2O7/c1-18-15-29(41)26-17-24-22(31(33(26)34(18)42)25-16-21(45-2)11-14-28(25)40)12-13-23-32(24)37(44)39(36(23)43)20-9-7-19(8-10-20)35-38-27-5-3-4-6-30(27)46-35/h3-12,14-16,23-24,31-32,40H,13,17H2,1-2H3/t23-,24+,31+,32-/m0/s1. The molecule has 0 spiro atoms. The zero-order valence-corrected chi connectivity index (χ0v) is 25.0. The minimum Gasteiger partial charge on any atom is -0.508 e. The van der Waals surface area contributed by atoms with E-state index in [0.29, 0.717) is 57.2 Å². The van der Waals surface area contributed by atoms with Crippen molar-refractivity contribution in [1.29, 1.82) is 0 Å². The van der Waals surface area contributed by atoms with Gasteiger partial charge in [-0.3, -0.25) is 24.1 Å². The number of aromatic hydroxyl groups is 1. The normalized spacial score (nSPS) is 24.1. The highest BCUT2D eigenvalue weighted by Gasteiger charge is 2.56. The van der Waals surface area contributed by atoms with Crippen molar-refractivity contribution in [3.8, 4) is 23.0 Å². The fraction of sp³-hybridized carbons (Fsp3) is 0.216. The fourth-order valence-electron chi connectivity index (χ4n) is 7.61. The minimum absolute atomic E-state index is 0.0525. The number of oxazole rings is 1. The second-order valence-electron chi connectivity index (χ2n) is 12.2. The van der Waals surface area contributed by atoms with Crippen LogP contribution in [0.1, 0.15) is 31.2 Å². The molecule has 0 unspecified atom stereocenters. The molecular formula is C37H28N2O7. The lowest BCUT2D eigenvalue weighted by molar-refractivity contribution is -0.123. The first kappa shape index (κ1) is 27.9. The Labute approximate surface area is 263 Å². The third-order valence-electron chi connectivity index (χ3n) is 9.78. The average molecular weight is 613 g/mol. The number of allylic oxidation sites excluding steroid dienone is 6. The monoisotopic (exact) mass is 612 g/mol. The summed E-state index contributed by atoms with van der Waals surface area (Å²) in [6.45, 7) is 1.61. The first-order valence-corrected chi connectivity index (χ1v) is 15.2. The Hall–Kier alpha value is -5.57. The van der Waals surface area contributed by atoms with Crippen LogP contribution in [0.3, 0.4) is 0 Å². The van der Waals surface area contributed by atoms with Crippen LogP contribution in [0, 0.1) is 17.8 Å². The van der Waals surface area contributed by atoms with Gasteiger partial charge in [-0.1, -0.05) is 23.8 Å². The number of hydrogen-bond acceptors (Lipinski definition) is 8. The Morgan fingerprint density at radius 3 is 2.50 bits per heavy atom. The lowest BCUT2D eigenvalue weighted by Crippen LogP contribution is -2.39. The predicted molar refractivity (Wildman–Crippen MR) is 168 cm³/mol. The van der Waals surface area contributed by atoms with Gasteiger partial charge in [0.15, 0.2) is 17.1 Å². The molecule has 1 fully saturated rings. The minimum atomic E-state index is -0.766. The molecular weight excluding hydrogens is 584 g/mol. The van der Waals surface area contributed by atoms with E-state index < -0.39 is 23.7 Å². The van der Waals surface area contributed by atoms with Gasteiger partial charge in [-0.05, 0) is 86.4 Å². The number of nitrogens with zero attached hydrogens (tertiary/aromatic N) is 2. The molecule has 2 amide bonds. The number of rotatable bonds is 4. The van der Waals surface area contributed by atoms with Gasteiger partial charge in [0.1, 0.15) is 17.0 Å². The van der Waals surface area contributed by atoms with E-state index in [2.05, 4.69) is 4.98 Å². The molecule has 4 aliphatic rings. The molecule has 46 heavy (non-hydrogen) atoms. The van der Waals surface area contributed by atoms with E-state index in [1.807, 2.05) is 30.3 Å². The van der Waals surface area contributed by atoms with Gasteiger partial charge in [-0.2, -0.15) is 0 Å². The van der Waals surface area contributed by atoms with Crippen molar-refractivity contribution >= 4 is 40.2 Å². The average Bonchev–Trinajstić information content (AvgIpc) is 3.61. The molecule has 4 atom stereocenters. The highest BCUT2D eigenvalue weighted by molar-refractivity contribution is 6.25. The number of methoxy groups -OCH3 is 1. The smallest absolute Gasteiger partial charge is 0.238 e. The number of anilines is 1. The summed E-state index contributed by atoms with van der Waals surface area (Å²) in [6.07, 6.45) is 3.71. The van der Waals surface area contributed by atoms with Crippen LogP contribution in [0.15, 0.2) is 106 Å². The van der Waals surface area contributed by atoms with Crippen molar-refractivity contribution < 1.29 is 33.4 Å². The molecule has 9 nitrogen and oxygen atoms in total. The molecule has 1 aliphatic heterocycles. The van der Waals surface area contributed by atoms with Gasteiger partial charge in [0.25, 0.3) is 0 Å². The molecule has 2 heterocycles. The summed E-state index contributed by atoms with van der Waals surface area (Å²) in [6, 6.07) is 19.2. The number of phenolic OH excluding ortho intramolecular Hbond substituents is 1. The Bertz CT molecular complexity index is 2080. The van der Waals surface area contributed by atoms with E-state index in [0.717, 1.165) is 11.1 Å². The number of ether oxygens (including phenoxy) is 1. The van der Waals surface area contributed by atoms with E-state index >= 15 is 0 Å². The van der Waals surface area contributed by atoms with Gasteiger partial charge < -0.3 is 14.3 Å². The van der Waals surface area contributed by atoms with Crippen LogP contribution in [0.2, 0.25) is 0 Å². The van der Waals surface area contributed by atoms with E-state index in [1.54, 1.807) is 43.3 Å². The number of phenols is 1. The van der Waals surface area contributed by atoms with Crippen LogP contribution >= 0.6 is 0 Å². The van der Waals surface area contributed by atoms with Crippen molar-refractivity contribution in [3.63, 3.8) is 0 Å². The van der Waals surface area contributed by atoms with Crippen LogP contribution in [-0.4, -0.2) is 40.6 Å². The number of para-hydroxylation sites is 2. The van der Waals surface area contributed by atoms with Crippen molar-refractivity contribution in [1.82, 2.24) is 4.98 Å². The molecule has 1 N–H and O–H groups in total. The van der Waals surface area contributed by atoms with Gasteiger partial charge >= 0.3 is 0 Å².